The molecular weight excluding hydrogens is 739 g/mol. The van der Waals surface area contributed by atoms with Gasteiger partial charge in [-0.1, -0.05) is 0 Å². The molecule has 4 saturated heterocycles. The minimum atomic E-state index is -1.33. The summed E-state index contributed by atoms with van der Waals surface area (Å²) >= 11 is 0. The molecule has 54 heavy (non-hydrogen) atoms. The first kappa shape index (κ1) is 43.4. The Hall–Kier alpha value is -3.32. The number of fused-ring (bicyclic) bond motifs is 4. The highest BCUT2D eigenvalue weighted by molar-refractivity contribution is 5.82. The molecule has 0 saturated carbocycles. The first-order valence-corrected chi connectivity index (χ1v) is 18.5. The highest BCUT2D eigenvalue weighted by Gasteiger charge is 2.64. The minimum Gasteiger partial charge on any atom is -1.00 e. The van der Waals surface area contributed by atoms with Gasteiger partial charge in [-0.05, 0) is 36.1 Å². The molecule has 2 N–H and O–H groups in total. The van der Waals surface area contributed by atoms with Crippen molar-refractivity contribution >= 4 is 11.9 Å². The van der Waals surface area contributed by atoms with E-state index >= 15 is 0 Å². The average molecular weight is 798 g/mol. The lowest BCUT2D eigenvalue weighted by atomic mass is 9.57. The van der Waals surface area contributed by atoms with Gasteiger partial charge in [-0.2, -0.15) is 0 Å². The molecule has 0 amide bonds. The largest absolute Gasteiger partial charge is 1.00 e. The number of halogens is 2. The maximum absolute atomic E-state index is 13.8. The average Bonchev–Trinajstić information content (AvgIpc) is 3.36. The highest BCUT2D eigenvalue weighted by Crippen LogP contribution is 2.59. The number of carboxylic acids is 2. The van der Waals surface area contributed by atoms with Crippen LogP contribution in [0, 0.1) is 17.3 Å². The second-order valence-electron chi connectivity index (χ2n) is 16.1. The Morgan fingerprint density at radius 3 is 1.11 bits per heavy atom. The van der Waals surface area contributed by atoms with E-state index in [9.17, 15) is 19.8 Å². The Morgan fingerprint density at radius 1 is 0.593 bits per heavy atom. The Bertz CT molecular complexity index is 1490. The zero-order chi connectivity index (χ0) is 37.6. The molecule has 12 nitrogen and oxygen atoms in total. The number of carbonyl (C=O) groups is 2. The van der Waals surface area contributed by atoms with E-state index in [0.717, 1.165) is 58.9 Å². The van der Waals surface area contributed by atoms with Gasteiger partial charge in [0.1, 0.15) is 13.1 Å². The summed E-state index contributed by atoms with van der Waals surface area (Å²) in [6, 6.07) is 8.91. The second-order valence-corrected chi connectivity index (χ2v) is 16.1. The van der Waals surface area contributed by atoms with Crippen molar-refractivity contribution in [2.24, 2.45) is 17.3 Å². The molecule has 0 radical (unpaired) electrons. The number of piperidine rings is 2. The number of rotatable bonds is 15. The third-order valence-corrected chi connectivity index (χ3v) is 14.0. The molecule has 4 aliphatic heterocycles. The van der Waals surface area contributed by atoms with Gasteiger partial charge in [0.2, 0.25) is 11.5 Å². The smallest absolute Gasteiger partial charge is 0.310 e. The fourth-order valence-corrected chi connectivity index (χ4v) is 11.4. The molecule has 2 aromatic rings. The van der Waals surface area contributed by atoms with Crippen LogP contribution in [0.25, 0.3) is 0 Å². The number of hydrogen-bond acceptors (Lipinski definition) is 8. The van der Waals surface area contributed by atoms with Crippen LogP contribution in [-0.2, 0) is 22.7 Å². The predicted octanol–water partition coefficient (Wildman–Crippen LogP) is -0.233. The van der Waals surface area contributed by atoms with Crippen molar-refractivity contribution in [2.45, 2.75) is 95.0 Å². The minimum absolute atomic E-state index is 0. The van der Waals surface area contributed by atoms with Gasteiger partial charge in [0.25, 0.3) is 0 Å². The first-order valence-electron chi connectivity index (χ1n) is 18.5. The molecule has 14 heteroatoms. The van der Waals surface area contributed by atoms with E-state index in [1.54, 1.807) is 42.7 Å². The third-order valence-electron chi connectivity index (χ3n) is 14.0. The van der Waals surface area contributed by atoms with Crippen LogP contribution < -0.4 is 53.2 Å². The fourth-order valence-electron chi connectivity index (χ4n) is 11.4. The van der Waals surface area contributed by atoms with Crippen LogP contribution in [0.2, 0.25) is 0 Å². The molecule has 2 aromatic carbocycles. The second kappa shape index (κ2) is 16.8. The van der Waals surface area contributed by atoms with Crippen LogP contribution in [0.4, 0.5) is 0 Å². The Labute approximate surface area is 332 Å². The lowest BCUT2D eigenvalue weighted by molar-refractivity contribution is -0.963. The van der Waals surface area contributed by atoms with Crippen molar-refractivity contribution in [2.75, 3.05) is 56.8 Å². The molecule has 4 fully saturated rings. The summed E-state index contributed by atoms with van der Waals surface area (Å²) in [5, 5.41) is 21.7. The molecule has 4 bridgehead atoms. The third kappa shape index (κ3) is 7.23. The van der Waals surface area contributed by atoms with Crippen molar-refractivity contribution < 1.29 is 82.0 Å². The van der Waals surface area contributed by atoms with Crippen molar-refractivity contribution in [3.8, 4) is 34.5 Å². The number of methoxy groups -OCH3 is 6. The number of hydrogen-bond donors (Lipinski definition) is 2. The maximum atomic E-state index is 13.8. The topological polar surface area (TPSA) is 130 Å². The van der Waals surface area contributed by atoms with E-state index in [-0.39, 0.29) is 67.2 Å². The zero-order valence-electron chi connectivity index (χ0n) is 32.9. The molecule has 0 aromatic heterocycles. The molecule has 8 atom stereocenters. The number of benzene rings is 2. The van der Waals surface area contributed by atoms with Gasteiger partial charge < -0.3 is 72.4 Å². The summed E-state index contributed by atoms with van der Waals surface area (Å²) in [5.74, 6) is 1.14. The normalized spacial score (nSPS) is 30.5. The monoisotopic (exact) mass is 796 g/mol. The van der Waals surface area contributed by atoms with Crippen LogP contribution >= 0.6 is 0 Å². The van der Waals surface area contributed by atoms with Crippen LogP contribution in [0.5, 0.6) is 34.5 Å². The van der Waals surface area contributed by atoms with Gasteiger partial charge in [-0.25, -0.2) is 0 Å². The predicted molar refractivity (Wildman–Crippen MR) is 193 cm³/mol. The van der Waals surface area contributed by atoms with Crippen molar-refractivity contribution in [1.82, 2.24) is 0 Å². The van der Waals surface area contributed by atoms with Crippen LogP contribution in [0.1, 0.15) is 68.9 Å². The summed E-state index contributed by atoms with van der Waals surface area (Å²) in [6.07, 6.45) is 6.40. The standard InChI is InChI=1S/C40H56N2O10.2ClH/c1-41(22-24-13-32(47-3)37(51-7)33(14-24)48-4)28-9-10-29(41)18-26(17-28)40(39(45)46,21-36(43)44)27-19-30-11-12-31(20-27)42(30,2)23-25-15-34(49-5)38(52-8)35(16-25)50-6;;/h13-16,26-31H,9-12,17-23H2,1-8H3;2*1H/t26?,27?,28-,29+,30-,31+,40?,41?,42?;;. The van der Waals surface area contributed by atoms with E-state index in [4.69, 9.17) is 28.4 Å². The molecular formula is C40H58Cl2N2O10. The summed E-state index contributed by atoms with van der Waals surface area (Å²) in [5.41, 5.74) is 0.800. The van der Waals surface area contributed by atoms with E-state index in [2.05, 4.69) is 14.1 Å². The van der Waals surface area contributed by atoms with Gasteiger partial charge in [0.15, 0.2) is 23.0 Å². The van der Waals surface area contributed by atoms with E-state index in [0.29, 0.717) is 60.2 Å². The lowest BCUT2D eigenvalue weighted by Gasteiger charge is -2.55. The highest BCUT2D eigenvalue weighted by atomic mass is 35.5. The van der Waals surface area contributed by atoms with Crippen LogP contribution in [0.15, 0.2) is 24.3 Å². The summed E-state index contributed by atoms with van der Waals surface area (Å²) in [7, 11) is 14.2. The summed E-state index contributed by atoms with van der Waals surface area (Å²) < 4.78 is 35.3. The van der Waals surface area contributed by atoms with Gasteiger partial charge in [0, 0.05) is 62.5 Å². The number of aliphatic carboxylic acids is 2. The molecule has 4 heterocycles. The fraction of sp³-hybridized carbons (Fsp3) is 0.650. The molecule has 4 unspecified atom stereocenters. The quantitative estimate of drug-likeness (QED) is 0.234. The molecule has 302 valence electrons. The molecule has 0 aliphatic carbocycles. The number of ether oxygens (including phenoxy) is 6. The SMILES string of the molecule is COc1cc(C[N+]2(C)[C@@H]3CC[C@H]2CC(C(CC(=O)O)(C(=O)O)C2C[C@H]4CC[C@@H](C2)[N+]4(C)Cc2cc(OC)c(OC)c(OC)c2)C3)cc(OC)c1OC.[Cl-].[Cl-]. The van der Waals surface area contributed by atoms with E-state index in [1.807, 2.05) is 24.3 Å². The number of carboxylic acid groups (broad SMARTS) is 2. The van der Waals surface area contributed by atoms with Crippen LogP contribution in [0.3, 0.4) is 0 Å². The number of nitrogens with zero attached hydrogens (tertiary/aromatic N) is 2. The van der Waals surface area contributed by atoms with Crippen molar-refractivity contribution in [3.05, 3.63) is 35.4 Å². The van der Waals surface area contributed by atoms with Crippen LogP contribution in [-0.4, -0.2) is 112 Å². The number of quaternary nitrogens is 2. The van der Waals surface area contributed by atoms with Gasteiger partial charge in [-0.15, -0.1) is 0 Å². The summed E-state index contributed by atoms with van der Waals surface area (Å²) in [4.78, 5) is 26.5. The summed E-state index contributed by atoms with van der Waals surface area (Å²) in [6.45, 7) is 1.48. The molecule has 6 rings (SSSR count). The Kier molecular flexibility index (Phi) is 13.5. The first-order chi connectivity index (χ1) is 24.8. The van der Waals surface area contributed by atoms with Crippen molar-refractivity contribution in [3.63, 3.8) is 0 Å². The zero-order valence-corrected chi connectivity index (χ0v) is 34.4. The lowest BCUT2D eigenvalue weighted by Crippen LogP contribution is -3.00. The van der Waals surface area contributed by atoms with Gasteiger partial charge in [-0.3, -0.25) is 9.59 Å². The van der Waals surface area contributed by atoms with Gasteiger partial charge >= 0.3 is 11.9 Å². The van der Waals surface area contributed by atoms with Gasteiger partial charge in [0.05, 0.1) is 92.8 Å². The molecule has 0 spiro atoms. The molecule has 4 aliphatic rings. The van der Waals surface area contributed by atoms with E-state index < -0.39 is 17.4 Å². The maximum Gasteiger partial charge on any atom is 0.310 e. The van der Waals surface area contributed by atoms with Crippen molar-refractivity contribution in [1.29, 1.82) is 0 Å². The Balaban J connectivity index is 0.00000325. The van der Waals surface area contributed by atoms with E-state index in [1.165, 1.54) is 0 Å². The Morgan fingerprint density at radius 2 is 0.889 bits per heavy atom.